The maximum absolute atomic E-state index is 4.61. The third kappa shape index (κ3) is 2.30. The predicted molar refractivity (Wildman–Crippen MR) is 80.2 cm³/mol. The van der Waals surface area contributed by atoms with Crippen molar-refractivity contribution in [3.8, 4) is 22.8 Å². The van der Waals surface area contributed by atoms with E-state index < -0.39 is 0 Å². The summed E-state index contributed by atoms with van der Waals surface area (Å²) in [6, 6.07) is 16.2. The van der Waals surface area contributed by atoms with Gasteiger partial charge in [-0.25, -0.2) is 15.0 Å². The molecule has 0 aliphatic heterocycles. The number of aryl methyl sites for hydroxylation is 2. The molecule has 0 saturated carbocycles. The lowest BCUT2D eigenvalue weighted by molar-refractivity contribution is 1.06. The molecular weight excluding hydrogens is 246 g/mol. The lowest BCUT2D eigenvalue weighted by atomic mass is 10.1. The van der Waals surface area contributed by atoms with Crippen LogP contribution in [0.15, 0.2) is 54.9 Å². The second-order valence-corrected chi connectivity index (χ2v) is 4.76. The molecule has 0 aliphatic rings. The smallest absolute Gasteiger partial charge is 0.163 e. The zero-order chi connectivity index (χ0) is 13.9. The lowest BCUT2D eigenvalue weighted by Crippen LogP contribution is -1.97. The number of nitrogens with zero attached hydrogens (tertiary/aromatic N) is 3. The summed E-state index contributed by atoms with van der Waals surface area (Å²) in [7, 11) is 0. The van der Waals surface area contributed by atoms with E-state index in [0.717, 1.165) is 33.9 Å². The lowest BCUT2D eigenvalue weighted by Gasteiger charge is -2.07. The van der Waals surface area contributed by atoms with E-state index in [1.807, 2.05) is 36.4 Å². The molecule has 1 heterocycles. The SMILES string of the molecule is Cc1ccccc1-c1ncnc(-c2ccccc2C)n1. The highest BCUT2D eigenvalue weighted by molar-refractivity contribution is 5.64. The zero-order valence-corrected chi connectivity index (χ0v) is 11.5. The summed E-state index contributed by atoms with van der Waals surface area (Å²) in [5.41, 5.74) is 4.42. The Balaban J connectivity index is 2.12. The van der Waals surface area contributed by atoms with Crippen LogP contribution in [0.3, 0.4) is 0 Å². The van der Waals surface area contributed by atoms with Crippen LogP contribution in [-0.4, -0.2) is 15.0 Å². The van der Waals surface area contributed by atoms with Gasteiger partial charge >= 0.3 is 0 Å². The first-order valence-corrected chi connectivity index (χ1v) is 6.57. The average Bonchev–Trinajstić information content (AvgIpc) is 2.48. The molecule has 0 N–H and O–H groups in total. The molecule has 0 unspecified atom stereocenters. The Morgan fingerprint density at radius 3 is 1.55 bits per heavy atom. The topological polar surface area (TPSA) is 38.7 Å². The molecule has 0 saturated heterocycles. The molecule has 3 rings (SSSR count). The van der Waals surface area contributed by atoms with Gasteiger partial charge in [0.25, 0.3) is 0 Å². The average molecular weight is 261 g/mol. The van der Waals surface area contributed by atoms with Gasteiger partial charge in [-0.05, 0) is 25.0 Å². The van der Waals surface area contributed by atoms with Crippen molar-refractivity contribution >= 4 is 0 Å². The molecule has 3 aromatic rings. The van der Waals surface area contributed by atoms with Crippen LogP contribution >= 0.6 is 0 Å². The van der Waals surface area contributed by atoms with Crippen LogP contribution in [0.5, 0.6) is 0 Å². The second kappa shape index (κ2) is 5.21. The number of hydrogen-bond acceptors (Lipinski definition) is 3. The molecular formula is C17H15N3. The molecule has 0 fully saturated rings. The van der Waals surface area contributed by atoms with Crippen molar-refractivity contribution in [2.45, 2.75) is 13.8 Å². The van der Waals surface area contributed by atoms with E-state index >= 15 is 0 Å². The largest absolute Gasteiger partial charge is 0.216 e. The first-order chi connectivity index (χ1) is 9.75. The Labute approximate surface area is 118 Å². The highest BCUT2D eigenvalue weighted by Crippen LogP contribution is 2.23. The van der Waals surface area contributed by atoms with Crippen molar-refractivity contribution in [3.63, 3.8) is 0 Å². The maximum Gasteiger partial charge on any atom is 0.163 e. The fourth-order valence-electron chi connectivity index (χ4n) is 2.20. The van der Waals surface area contributed by atoms with Crippen LogP contribution in [0.2, 0.25) is 0 Å². The number of aromatic nitrogens is 3. The quantitative estimate of drug-likeness (QED) is 0.704. The van der Waals surface area contributed by atoms with Crippen LogP contribution in [0, 0.1) is 13.8 Å². The molecule has 0 atom stereocenters. The van der Waals surface area contributed by atoms with Crippen LogP contribution in [-0.2, 0) is 0 Å². The third-order valence-corrected chi connectivity index (χ3v) is 3.34. The fraction of sp³-hybridized carbons (Fsp3) is 0.118. The van der Waals surface area contributed by atoms with Gasteiger partial charge < -0.3 is 0 Å². The molecule has 0 amide bonds. The minimum absolute atomic E-state index is 0.719. The highest BCUT2D eigenvalue weighted by atomic mass is 15.0. The van der Waals surface area contributed by atoms with Gasteiger partial charge in [0.1, 0.15) is 6.33 Å². The van der Waals surface area contributed by atoms with Gasteiger partial charge in [-0.3, -0.25) is 0 Å². The van der Waals surface area contributed by atoms with E-state index in [9.17, 15) is 0 Å². The minimum atomic E-state index is 0.719. The Morgan fingerprint density at radius 1 is 0.650 bits per heavy atom. The van der Waals surface area contributed by atoms with E-state index in [1.54, 1.807) is 6.33 Å². The Hall–Kier alpha value is -2.55. The summed E-state index contributed by atoms with van der Waals surface area (Å²) in [6.45, 7) is 4.12. The van der Waals surface area contributed by atoms with Crippen LogP contribution in [0.25, 0.3) is 22.8 Å². The summed E-state index contributed by atoms with van der Waals surface area (Å²) in [5.74, 6) is 1.44. The van der Waals surface area contributed by atoms with E-state index in [4.69, 9.17) is 0 Å². The molecule has 0 spiro atoms. The van der Waals surface area contributed by atoms with Gasteiger partial charge in [-0.2, -0.15) is 0 Å². The molecule has 0 aliphatic carbocycles. The summed E-state index contributed by atoms with van der Waals surface area (Å²) < 4.78 is 0. The summed E-state index contributed by atoms with van der Waals surface area (Å²) in [6.07, 6.45) is 1.58. The van der Waals surface area contributed by atoms with Crippen molar-refractivity contribution in [1.29, 1.82) is 0 Å². The molecule has 1 aromatic heterocycles. The Kier molecular flexibility index (Phi) is 3.25. The molecule has 2 aromatic carbocycles. The number of benzene rings is 2. The van der Waals surface area contributed by atoms with Gasteiger partial charge in [0.2, 0.25) is 0 Å². The normalized spacial score (nSPS) is 10.5. The molecule has 0 bridgehead atoms. The van der Waals surface area contributed by atoms with Gasteiger partial charge in [0, 0.05) is 11.1 Å². The molecule has 20 heavy (non-hydrogen) atoms. The van der Waals surface area contributed by atoms with Crippen molar-refractivity contribution in [2.24, 2.45) is 0 Å². The maximum atomic E-state index is 4.61. The fourth-order valence-corrected chi connectivity index (χ4v) is 2.20. The first kappa shape index (κ1) is 12.5. The summed E-state index contributed by atoms with van der Waals surface area (Å²) in [5, 5.41) is 0. The van der Waals surface area contributed by atoms with Crippen LogP contribution < -0.4 is 0 Å². The van der Waals surface area contributed by atoms with E-state index in [-0.39, 0.29) is 0 Å². The third-order valence-electron chi connectivity index (χ3n) is 3.34. The molecule has 0 radical (unpaired) electrons. The molecule has 98 valence electrons. The summed E-state index contributed by atoms with van der Waals surface area (Å²) in [4.78, 5) is 13.2. The minimum Gasteiger partial charge on any atom is -0.216 e. The summed E-state index contributed by atoms with van der Waals surface area (Å²) >= 11 is 0. The highest BCUT2D eigenvalue weighted by Gasteiger charge is 2.09. The standard InChI is InChI=1S/C17H15N3/c1-12-7-3-5-9-14(12)16-18-11-19-17(20-16)15-10-6-4-8-13(15)2/h3-11H,1-2H3. The van der Waals surface area contributed by atoms with E-state index in [1.165, 1.54) is 0 Å². The Morgan fingerprint density at radius 2 is 1.10 bits per heavy atom. The van der Waals surface area contributed by atoms with E-state index in [2.05, 4.69) is 40.9 Å². The van der Waals surface area contributed by atoms with E-state index in [0.29, 0.717) is 0 Å². The predicted octanol–water partition coefficient (Wildman–Crippen LogP) is 3.82. The number of rotatable bonds is 2. The van der Waals surface area contributed by atoms with Crippen LogP contribution in [0.4, 0.5) is 0 Å². The van der Waals surface area contributed by atoms with Crippen molar-refractivity contribution in [3.05, 3.63) is 66.0 Å². The van der Waals surface area contributed by atoms with Gasteiger partial charge in [0.15, 0.2) is 11.6 Å². The monoisotopic (exact) mass is 261 g/mol. The van der Waals surface area contributed by atoms with Gasteiger partial charge in [0.05, 0.1) is 0 Å². The Bertz CT molecular complexity index is 690. The first-order valence-electron chi connectivity index (χ1n) is 6.57. The van der Waals surface area contributed by atoms with Gasteiger partial charge in [-0.1, -0.05) is 48.5 Å². The molecule has 3 heteroatoms. The number of hydrogen-bond donors (Lipinski definition) is 0. The van der Waals surface area contributed by atoms with Gasteiger partial charge in [-0.15, -0.1) is 0 Å². The van der Waals surface area contributed by atoms with Crippen molar-refractivity contribution in [1.82, 2.24) is 15.0 Å². The second-order valence-electron chi connectivity index (χ2n) is 4.76. The van der Waals surface area contributed by atoms with Crippen molar-refractivity contribution in [2.75, 3.05) is 0 Å². The van der Waals surface area contributed by atoms with Crippen molar-refractivity contribution < 1.29 is 0 Å². The van der Waals surface area contributed by atoms with Crippen LogP contribution in [0.1, 0.15) is 11.1 Å². The molecule has 3 nitrogen and oxygen atoms in total. The zero-order valence-electron chi connectivity index (χ0n) is 11.5.